The number of nitrogens with zero attached hydrogens (tertiary/aromatic N) is 1. The summed E-state index contributed by atoms with van der Waals surface area (Å²) >= 11 is 5.79. The first-order valence-electron chi connectivity index (χ1n) is 6.35. The quantitative estimate of drug-likeness (QED) is 0.496. The van der Waals surface area contributed by atoms with E-state index in [-0.39, 0.29) is 5.69 Å². The molecule has 0 unspecified atom stereocenters. The van der Waals surface area contributed by atoms with Gasteiger partial charge in [0.25, 0.3) is 5.69 Å². The summed E-state index contributed by atoms with van der Waals surface area (Å²) < 4.78 is 5.64. The van der Waals surface area contributed by atoms with Gasteiger partial charge in [-0.1, -0.05) is 18.5 Å². The van der Waals surface area contributed by atoms with E-state index in [9.17, 15) is 10.1 Å². The molecule has 1 heterocycles. The fourth-order valence-corrected chi connectivity index (χ4v) is 2.04. The summed E-state index contributed by atoms with van der Waals surface area (Å²) in [6.45, 7) is 3.59. The van der Waals surface area contributed by atoms with Crippen LogP contribution in [0.25, 0.3) is 11.3 Å². The van der Waals surface area contributed by atoms with Crippen LogP contribution in [0.3, 0.4) is 0 Å². The van der Waals surface area contributed by atoms with Gasteiger partial charge in [-0.15, -0.1) is 0 Å². The van der Waals surface area contributed by atoms with Crippen LogP contribution in [0.15, 0.2) is 34.7 Å². The van der Waals surface area contributed by atoms with Crippen molar-refractivity contribution in [1.82, 2.24) is 5.32 Å². The molecular weight excluding hydrogens is 280 g/mol. The van der Waals surface area contributed by atoms with Crippen LogP contribution in [0, 0.1) is 10.1 Å². The maximum Gasteiger partial charge on any atom is 0.281 e. The Hall–Kier alpha value is -1.85. The largest absolute Gasteiger partial charge is 0.459 e. The van der Waals surface area contributed by atoms with Crippen LogP contribution in [-0.4, -0.2) is 11.5 Å². The van der Waals surface area contributed by atoms with Crippen molar-refractivity contribution in [1.29, 1.82) is 0 Å². The summed E-state index contributed by atoms with van der Waals surface area (Å²) in [5.74, 6) is 1.22. The van der Waals surface area contributed by atoms with Crippen LogP contribution in [0.5, 0.6) is 0 Å². The Labute approximate surface area is 121 Å². The topological polar surface area (TPSA) is 68.3 Å². The van der Waals surface area contributed by atoms with Crippen molar-refractivity contribution in [2.24, 2.45) is 0 Å². The molecule has 2 rings (SSSR count). The van der Waals surface area contributed by atoms with Gasteiger partial charge in [0.05, 0.1) is 17.0 Å². The molecule has 0 aliphatic heterocycles. The minimum atomic E-state index is -0.460. The van der Waals surface area contributed by atoms with E-state index in [1.165, 1.54) is 6.07 Å². The molecule has 20 heavy (non-hydrogen) atoms. The van der Waals surface area contributed by atoms with E-state index in [4.69, 9.17) is 16.0 Å². The summed E-state index contributed by atoms with van der Waals surface area (Å²) in [5, 5.41) is 14.6. The van der Waals surface area contributed by atoms with Gasteiger partial charge in [0.15, 0.2) is 0 Å². The first-order chi connectivity index (χ1) is 9.61. The van der Waals surface area contributed by atoms with Gasteiger partial charge in [-0.3, -0.25) is 10.1 Å². The summed E-state index contributed by atoms with van der Waals surface area (Å²) in [6.07, 6.45) is 1.04. The second-order valence-electron chi connectivity index (χ2n) is 4.36. The smallest absolute Gasteiger partial charge is 0.281 e. The average molecular weight is 295 g/mol. The highest BCUT2D eigenvalue weighted by Gasteiger charge is 2.18. The van der Waals surface area contributed by atoms with Crippen molar-refractivity contribution in [3.05, 3.63) is 51.2 Å². The minimum absolute atomic E-state index is 0.0556. The lowest BCUT2D eigenvalue weighted by atomic mass is 10.1. The molecular formula is C14H15ClN2O3. The monoisotopic (exact) mass is 294 g/mol. The maximum atomic E-state index is 11.1. The molecule has 0 bridgehead atoms. The van der Waals surface area contributed by atoms with Crippen molar-refractivity contribution < 1.29 is 9.34 Å². The van der Waals surface area contributed by atoms with Gasteiger partial charge in [0.1, 0.15) is 11.5 Å². The summed E-state index contributed by atoms with van der Waals surface area (Å²) in [5.41, 5.74) is 0.376. The number of benzene rings is 1. The predicted octanol–water partition coefficient (Wildman–Crippen LogP) is 4.01. The van der Waals surface area contributed by atoms with Crippen LogP contribution in [-0.2, 0) is 6.54 Å². The van der Waals surface area contributed by atoms with Crippen molar-refractivity contribution in [2.45, 2.75) is 19.9 Å². The third-order valence-electron chi connectivity index (χ3n) is 2.81. The molecule has 2 aromatic rings. The third-order valence-corrected chi connectivity index (χ3v) is 3.04. The molecule has 0 spiro atoms. The predicted molar refractivity (Wildman–Crippen MR) is 77.8 cm³/mol. The van der Waals surface area contributed by atoms with Gasteiger partial charge < -0.3 is 9.73 Å². The number of hydrogen-bond donors (Lipinski definition) is 1. The molecule has 5 nitrogen and oxygen atoms in total. The maximum absolute atomic E-state index is 11.1. The lowest BCUT2D eigenvalue weighted by Crippen LogP contribution is -2.12. The fraction of sp³-hybridized carbons (Fsp3) is 0.286. The Morgan fingerprint density at radius 2 is 2.15 bits per heavy atom. The van der Waals surface area contributed by atoms with Gasteiger partial charge in [-0.05, 0) is 37.2 Å². The second kappa shape index (κ2) is 6.54. The third kappa shape index (κ3) is 3.37. The molecule has 6 heteroatoms. The zero-order chi connectivity index (χ0) is 14.5. The molecule has 0 saturated carbocycles. The van der Waals surface area contributed by atoms with Crippen molar-refractivity contribution in [2.75, 3.05) is 6.54 Å². The van der Waals surface area contributed by atoms with Crippen molar-refractivity contribution in [3.63, 3.8) is 0 Å². The molecule has 0 aliphatic carbocycles. The Bertz CT molecular complexity index is 610. The molecule has 1 aromatic carbocycles. The Kier molecular flexibility index (Phi) is 4.76. The summed E-state index contributed by atoms with van der Waals surface area (Å²) in [7, 11) is 0. The van der Waals surface area contributed by atoms with E-state index in [1.807, 2.05) is 6.07 Å². The lowest BCUT2D eigenvalue weighted by molar-refractivity contribution is -0.384. The highest BCUT2D eigenvalue weighted by Crippen LogP contribution is 2.33. The van der Waals surface area contributed by atoms with Crippen LogP contribution in [0.4, 0.5) is 5.69 Å². The van der Waals surface area contributed by atoms with Gasteiger partial charge in [0.2, 0.25) is 0 Å². The number of nitro groups is 1. The molecule has 106 valence electrons. The van der Waals surface area contributed by atoms with Crippen LogP contribution in [0.1, 0.15) is 19.1 Å². The highest BCUT2D eigenvalue weighted by atomic mass is 35.5. The molecule has 0 fully saturated rings. The summed E-state index contributed by atoms with van der Waals surface area (Å²) in [4.78, 5) is 10.6. The normalized spacial score (nSPS) is 10.7. The minimum Gasteiger partial charge on any atom is -0.459 e. The van der Waals surface area contributed by atoms with E-state index in [0.717, 1.165) is 18.7 Å². The highest BCUT2D eigenvalue weighted by molar-refractivity contribution is 6.30. The zero-order valence-corrected chi connectivity index (χ0v) is 11.8. The molecule has 0 aliphatic rings. The molecule has 0 amide bonds. The first-order valence-corrected chi connectivity index (χ1v) is 6.73. The van der Waals surface area contributed by atoms with Gasteiger partial charge in [-0.25, -0.2) is 0 Å². The number of rotatable bonds is 6. The number of furan rings is 1. The number of halogens is 1. The number of nitro benzene ring substituents is 1. The van der Waals surface area contributed by atoms with E-state index in [1.54, 1.807) is 18.2 Å². The SMILES string of the molecule is CCCNCc1ccc(-c2ccc(Cl)cc2[N+](=O)[O-])o1. The average Bonchev–Trinajstić information content (AvgIpc) is 2.87. The van der Waals surface area contributed by atoms with E-state index in [2.05, 4.69) is 12.2 Å². The van der Waals surface area contributed by atoms with E-state index in [0.29, 0.717) is 22.9 Å². The van der Waals surface area contributed by atoms with Crippen molar-refractivity contribution in [3.8, 4) is 11.3 Å². The van der Waals surface area contributed by atoms with Crippen molar-refractivity contribution >= 4 is 17.3 Å². The zero-order valence-electron chi connectivity index (χ0n) is 11.1. The lowest BCUT2D eigenvalue weighted by Gasteiger charge is -2.01. The summed E-state index contributed by atoms with van der Waals surface area (Å²) in [6, 6.07) is 8.09. The molecule has 0 atom stereocenters. The standard InChI is InChI=1S/C14H15ClN2O3/c1-2-7-16-9-11-4-6-14(20-11)12-5-3-10(15)8-13(12)17(18)19/h3-6,8,16H,2,7,9H2,1H3. The second-order valence-corrected chi connectivity index (χ2v) is 4.80. The van der Waals surface area contributed by atoms with Crippen LogP contribution in [0.2, 0.25) is 5.02 Å². The Morgan fingerprint density at radius 1 is 1.35 bits per heavy atom. The molecule has 1 aromatic heterocycles. The molecule has 0 radical (unpaired) electrons. The Morgan fingerprint density at radius 3 is 2.85 bits per heavy atom. The van der Waals surface area contributed by atoms with Gasteiger partial charge in [-0.2, -0.15) is 0 Å². The molecule has 0 saturated heterocycles. The van der Waals surface area contributed by atoms with E-state index >= 15 is 0 Å². The number of nitrogens with one attached hydrogen (secondary N) is 1. The van der Waals surface area contributed by atoms with Gasteiger partial charge in [0, 0.05) is 11.1 Å². The Balaban J connectivity index is 2.25. The van der Waals surface area contributed by atoms with E-state index < -0.39 is 4.92 Å². The van der Waals surface area contributed by atoms with Gasteiger partial charge >= 0.3 is 0 Å². The first kappa shape index (κ1) is 14.6. The molecule has 1 N–H and O–H groups in total. The van der Waals surface area contributed by atoms with Crippen LogP contribution >= 0.6 is 11.6 Å². The number of hydrogen-bond acceptors (Lipinski definition) is 4. The fourth-order valence-electron chi connectivity index (χ4n) is 1.87. The van der Waals surface area contributed by atoms with Crippen LogP contribution < -0.4 is 5.32 Å².